The number of carbonyl (C=O) groups is 2. The predicted molar refractivity (Wildman–Crippen MR) is 115 cm³/mol. The molecule has 0 unspecified atom stereocenters. The quantitative estimate of drug-likeness (QED) is 0.341. The molecule has 0 radical (unpaired) electrons. The van der Waals surface area contributed by atoms with E-state index in [2.05, 4.69) is 20.3 Å². The molecule has 2 aromatic rings. The second kappa shape index (κ2) is 10.5. The van der Waals surface area contributed by atoms with Crippen LogP contribution < -0.4 is 5.32 Å². The highest BCUT2D eigenvalue weighted by molar-refractivity contribution is 8.01. The van der Waals surface area contributed by atoms with E-state index in [-0.39, 0.29) is 42.2 Å². The van der Waals surface area contributed by atoms with E-state index in [1.807, 2.05) is 0 Å². The Bertz CT molecular complexity index is 1040. The molecule has 1 amide bonds. The highest BCUT2D eigenvalue weighted by Crippen LogP contribution is 2.27. The predicted octanol–water partition coefficient (Wildman–Crippen LogP) is 2.12. The van der Waals surface area contributed by atoms with Crippen molar-refractivity contribution in [3.05, 3.63) is 35.6 Å². The fourth-order valence-corrected chi connectivity index (χ4v) is 6.17. The van der Waals surface area contributed by atoms with Crippen molar-refractivity contribution in [3.8, 4) is 0 Å². The number of sulfonamides is 1. The Kier molecular flexibility index (Phi) is 7.97. The Morgan fingerprint density at radius 2 is 2.00 bits per heavy atom. The molecule has 1 fully saturated rings. The van der Waals surface area contributed by atoms with E-state index in [1.54, 1.807) is 6.07 Å². The van der Waals surface area contributed by atoms with Crippen molar-refractivity contribution in [2.75, 3.05) is 31.3 Å². The van der Waals surface area contributed by atoms with Crippen molar-refractivity contribution in [2.45, 2.75) is 22.9 Å². The summed E-state index contributed by atoms with van der Waals surface area (Å²) in [5.74, 6) is -1.88. The minimum absolute atomic E-state index is 0.0961. The van der Waals surface area contributed by atoms with Gasteiger partial charge in [0.15, 0.2) is 4.34 Å². The van der Waals surface area contributed by atoms with Gasteiger partial charge in [0.2, 0.25) is 21.1 Å². The van der Waals surface area contributed by atoms with Crippen LogP contribution in [0.1, 0.15) is 18.4 Å². The van der Waals surface area contributed by atoms with Gasteiger partial charge in [-0.15, -0.1) is 10.2 Å². The lowest BCUT2D eigenvalue weighted by Gasteiger charge is -2.30. The van der Waals surface area contributed by atoms with Crippen molar-refractivity contribution in [3.63, 3.8) is 0 Å². The molecule has 1 aliphatic heterocycles. The minimum Gasteiger partial charge on any atom is -0.468 e. The molecular formula is C18H21FN4O5S3. The standard InChI is InChI=1S/C18H21FN4O5S3/c1-28-15(24)10-29-18-22-21-17(30-18)20-16(25)12-6-8-23(9-7-12)31(26,27)11-13-4-2-3-5-14(13)19/h2-5,12H,6-11H2,1H3,(H,20,21,25). The molecule has 9 nitrogen and oxygen atoms in total. The SMILES string of the molecule is COC(=O)CSc1nnc(NC(=O)C2CCN(S(=O)(=O)Cc3ccccc3F)CC2)s1. The van der Waals surface area contributed by atoms with Crippen LogP contribution >= 0.6 is 23.1 Å². The summed E-state index contributed by atoms with van der Waals surface area (Å²) >= 11 is 2.30. The number of esters is 1. The number of methoxy groups -OCH3 is 1. The molecule has 3 rings (SSSR count). The van der Waals surface area contributed by atoms with Crippen LogP contribution in [-0.4, -0.2) is 60.7 Å². The fourth-order valence-electron chi connectivity index (χ4n) is 3.01. The van der Waals surface area contributed by atoms with Crippen LogP contribution in [-0.2, 0) is 30.1 Å². The molecule has 1 aliphatic rings. The molecule has 1 aromatic carbocycles. The van der Waals surface area contributed by atoms with Gasteiger partial charge in [-0.3, -0.25) is 9.59 Å². The Morgan fingerprint density at radius 3 is 2.68 bits per heavy atom. The number of nitrogens with one attached hydrogen (secondary N) is 1. The van der Waals surface area contributed by atoms with E-state index in [0.717, 1.165) is 23.1 Å². The maximum atomic E-state index is 13.8. The summed E-state index contributed by atoms with van der Waals surface area (Å²) in [5, 5.41) is 10.8. The van der Waals surface area contributed by atoms with Crippen LogP contribution in [0.5, 0.6) is 0 Å². The largest absolute Gasteiger partial charge is 0.468 e. The van der Waals surface area contributed by atoms with Crippen molar-refractivity contribution in [1.29, 1.82) is 0 Å². The first kappa shape index (κ1) is 23.6. The first-order valence-electron chi connectivity index (χ1n) is 9.33. The highest BCUT2D eigenvalue weighted by atomic mass is 32.2. The first-order valence-corrected chi connectivity index (χ1v) is 12.7. The molecule has 168 valence electrons. The smallest absolute Gasteiger partial charge is 0.316 e. The van der Waals surface area contributed by atoms with E-state index >= 15 is 0 Å². The summed E-state index contributed by atoms with van der Waals surface area (Å²) in [6.45, 7) is 0.371. The molecule has 1 saturated heterocycles. The molecule has 0 saturated carbocycles. The number of benzene rings is 1. The van der Waals surface area contributed by atoms with E-state index in [1.165, 1.54) is 29.6 Å². The van der Waals surface area contributed by atoms with Crippen LogP contribution in [0.3, 0.4) is 0 Å². The monoisotopic (exact) mass is 488 g/mol. The zero-order chi connectivity index (χ0) is 22.4. The van der Waals surface area contributed by atoms with Crippen molar-refractivity contribution in [1.82, 2.24) is 14.5 Å². The number of halogens is 1. The summed E-state index contributed by atoms with van der Waals surface area (Å²) in [4.78, 5) is 23.7. The molecule has 0 atom stereocenters. The Morgan fingerprint density at radius 1 is 1.29 bits per heavy atom. The summed E-state index contributed by atoms with van der Waals surface area (Å²) in [5.41, 5.74) is 0.125. The molecule has 0 bridgehead atoms. The van der Waals surface area contributed by atoms with Gasteiger partial charge in [-0.1, -0.05) is 41.3 Å². The number of anilines is 1. The molecule has 13 heteroatoms. The molecule has 2 heterocycles. The van der Waals surface area contributed by atoms with Gasteiger partial charge in [0.25, 0.3) is 0 Å². The number of nitrogens with zero attached hydrogens (tertiary/aromatic N) is 3. The van der Waals surface area contributed by atoms with Crippen molar-refractivity contribution < 1.29 is 27.1 Å². The molecular weight excluding hydrogens is 467 g/mol. The van der Waals surface area contributed by atoms with Gasteiger partial charge in [0.1, 0.15) is 5.82 Å². The van der Waals surface area contributed by atoms with Gasteiger partial charge in [-0.25, -0.2) is 17.1 Å². The van der Waals surface area contributed by atoms with Gasteiger partial charge >= 0.3 is 5.97 Å². The molecule has 31 heavy (non-hydrogen) atoms. The number of hydrogen-bond acceptors (Lipinski definition) is 9. The maximum Gasteiger partial charge on any atom is 0.316 e. The van der Waals surface area contributed by atoms with Gasteiger partial charge in [0, 0.05) is 24.6 Å². The van der Waals surface area contributed by atoms with E-state index in [4.69, 9.17) is 0 Å². The number of carbonyl (C=O) groups excluding carboxylic acids is 2. The van der Waals surface area contributed by atoms with Gasteiger partial charge in [-0.05, 0) is 18.9 Å². The average Bonchev–Trinajstić information content (AvgIpc) is 3.21. The first-order chi connectivity index (χ1) is 14.8. The number of amides is 1. The third kappa shape index (κ3) is 6.45. The lowest BCUT2D eigenvalue weighted by molar-refractivity contribution is -0.137. The van der Waals surface area contributed by atoms with Crippen LogP contribution in [0.4, 0.5) is 9.52 Å². The van der Waals surface area contributed by atoms with Crippen LogP contribution in [0, 0.1) is 11.7 Å². The lowest BCUT2D eigenvalue weighted by Crippen LogP contribution is -2.42. The number of hydrogen-bond donors (Lipinski definition) is 1. The second-order valence-corrected chi connectivity index (χ2v) is 10.9. The third-order valence-electron chi connectivity index (χ3n) is 4.69. The minimum atomic E-state index is -3.68. The highest BCUT2D eigenvalue weighted by Gasteiger charge is 2.32. The zero-order valence-corrected chi connectivity index (χ0v) is 19.1. The summed E-state index contributed by atoms with van der Waals surface area (Å²) in [7, 11) is -2.38. The summed E-state index contributed by atoms with van der Waals surface area (Å²) in [6, 6.07) is 5.78. The lowest BCUT2D eigenvalue weighted by atomic mass is 9.97. The van der Waals surface area contributed by atoms with Gasteiger partial charge in [0.05, 0.1) is 18.6 Å². The van der Waals surface area contributed by atoms with E-state index < -0.39 is 21.6 Å². The Balaban J connectivity index is 1.50. The van der Waals surface area contributed by atoms with Crippen LogP contribution in [0.2, 0.25) is 0 Å². The molecule has 0 aliphatic carbocycles. The number of piperidine rings is 1. The molecule has 0 spiro atoms. The van der Waals surface area contributed by atoms with Gasteiger partial charge < -0.3 is 10.1 Å². The average molecular weight is 489 g/mol. The molecule has 1 N–H and O–H groups in total. The van der Waals surface area contributed by atoms with E-state index in [9.17, 15) is 22.4 Å². The number of ether oxygens (including phenoxy) is 1. The summed E-state index contributed by atoms with van der Waals surface area (Å²) < 4.78 is 45.4. The third-order valence-corrected chi connectivity index (χ3v) is 8.46. The Hall–Kier alpha value is -2.09. The number of rotatable bonds is 8. The van der Waals surface area contributed by atoms with Crippen LogP contribution in [0.15, 0.2) is 28.6 Å². The number of aromatic nitrogens is 2. The van der Waals surface area contributed by atoms with Crippen molar-refractivity contribution >= 4 is 50.1 Å². The van der Waals surface area contributed by atoms with Crippen LogP contribution in [0.25, 0.3) is 0 Å². The van der Waals surface area contributed by atoms with E-state index in [0.29, 0.717) is 22.3 Å². The van der Waals surface area contributed by atoms with Crippen molar-refractivity contribution in [2.24, 2.45) is 5.92 Å². The second-order valence-electron chi connectivity index (χ2n) is 6.75. The maximum absolute atomic E-state index is 13.8. The fraction of sp³-hybridized carbons (Fsp3) is 0.444. The zero-order valence-electron chi connectivity index (χ0n) is 16.6. The number of thioether (sulfide) groups is 1. The topological polar surface area (TPSA) is 119 Å². The normalized spacial score (nSPS) is 15.5. The molecule has 1 aromatic heterocycles. The Labute approximate surface area is 187 Å². The summed E-state index contributed by atoms with van der Waals surface area (Å²) in [6.07, 6.45) is 0.705. The van der Waals surface area contributed by atoms with Gasteiger partial charge in [-0.2, -0.15) is 0 Å².